The van der Waals surface area contributed by atoms with Crippen molar-refractivity contribution < 1.29 is 0 Å². The zero-order chi connectivity index (χ0) is 13.1. The Bertz CT molecular complexity index is 333. The molecular formula is C15H25N3. The van der Waals surface area contributed by atoms with Crippen LogP contribution in [0.25, 0.3) is 0 Å². The van der Waals surface area contributed by atoms with Gasteiger partial charge in [0.1, 0.15) is 0 Å². The maximum atomic E-state index is 4.22. The van der Waals surface area contributed by atoms with Gasteiger partial charge in [-0.2, -0.15) is 0 Å². The molecule has 0 aliphatic carbocycles. The monoisotopic (exact) mass is 247 g/mol. The lowest BCUT2D eigenvalue weighted by molar-refractivity contribution is 0.647. The topological polar surface area (TPSA) is 36.4 Å². The zero-order valence-corrected chi connectivity index (χ0v) is 11.6. The summed E-state index contributed by atoms with van der Waals surface area (Å²) in [6, 6.07) is 10.4. The fraction of sp³-hybridized carbons (Fsp3) is 0.533. The van der Waals surface area contributed by atoms with E-state index in [1.807, 2.05) is 13.1 Å². The van der Waals surface area contributed by atoms with Gasteiger partial charge in [0.05, 0.1) is 0 Å². The van der Waals surface area contributed by atoms with E-state index in [2.05, 4.69) is 46.8 Å². The Labute approximate surface area is 111 Å². The molecule has 0 spiro atoms. The molecule has 0 fully saturated rings. The van der Waals surface area contributed by atoms with Crippen LogP contribution in [0.3, 0.4) is 0 Å². The summed E-state index contributed by atoms with van der Waals surface area (Å²) in [7, 11) is 1.81. The van der Waals surface area contributed by atoms with Gasteiger partial charge >= 0.3 is 0 Å². The van der Waals surface area contributed by atoms with Crippen LogP contribution in [-0.2, 0) is 6.54 Å². The summed E-state index contributed by atoms with van der Waals surface area (Å²) in [6.07, 6.45) is 5.10. The summed E-state index contributed by atoms with van der Waals surface area (Å²) in [5, 5.41) is 6.65. The second-order valence-corrected chi connectivity index (χ2v) is 4.40. The van der Waals surface area contributed by atoms with Gasteiger partial charge in [-0.25, -0.2) is 0 Å². The van der Waals surface area contributed by atoms with Crippen molar-refractivity contribution in [1.29, 1.82) is 0 Å². The lowest BCUT2D eigenvalue weighted by Crippen LogP contribution is -2.37. The van der Waals surface area contributed by atoms with Crippen LogP contribution < -0.4 is 10.6 Å². The minimum absolute atomic E-state index is 0.815. The zero-order valence-electron chi connectivity index (χ0n) is 11.6. The van der Waals surface area contributed by atoms with Crippen LogP contribution in [0, 0.1) is 0 Å². The fourth-order valence-electron chi connectivity index (χ4n) is 1.76. The van der Waals surface area contributed by atoms with Crippen molar-refractivity contribution in [2.75, 3.05) is 13.6 Å². The van der Waals surface area contributed by atoms with E-state index >= 15 is 0 Å². The number of benzene rings is 1. The van der Waals surface area contributed by atoms with Gasteiger partial charge in [0, 0.05) is 20.1 Å². The highest BCUT2D eigenvalue weighted by atomic mass is 15.2. The number of nitrogens with one attached hydrogen (secondary N) is 2. The van der Waals surface area contributed by atoms with Crippen LogP contribution in [0.5, 0.6) is 0 Å². The van der Waals surface area contributed by atoms with Crippen LogP contribution >= 0.6 is 0 Å². The second kappa shape index (κ2) is 9.51. The minimum atomic E-state index is 0.815. The Kier molecular flexibility index (Phi) is 7.69. The first-order valence-electron chi connectivity index (χ1n) is 6.85. The molecule has 0 amide bonds. The van der Waals surface area contributed by atoms with E-state index in [4.69, 9.17) is 0 Å². The molecule has 18 heavy (non-hydrogen) atoms. The normalized spacial score (nSPS) is 11.3. The molecule has 0 saturated heterocycles. The predicted molar refractivity (Wildman–Crippen MR) is 78.8 cm³/mol. The number of nitrogens with zero attached hydrogens (tertiary/aromatic N) is 1. The molecular weight excluding hydrogens is 222 g/mol. The number of hydrogen-bond donors (Lipinski definition) is 2. The fourth-order valence-corrected chi connectivity index (χ4v) is 1.76. The van der Waals surface area contributed by atoms with Crippen LogP contribution in [0.2, 0.25) is 0 Å². The number of hydrogen-bond acceptors (Lipinski definition) is 1. The SMILES string of the molecule is CCCCCCNC(=NC)NCc1ccccc1. The smallest absolute Gasteiger partial charge is 0.191 e. The van der Waals surface area contributed by atoms with E-state index in [9.17, 15) is 0 Å². The van der Waals surface area contributed by atoms with Crippen LogP contribution in [0.4, 0.5) is 0 Å². The van der Waals surface area contributed by atoms with Gasteiger partial charge in [-0.1, -0.05) is 56.5 Å². The lowest BCUT2D eigenvalue weighted by Gasteiger charge is -2.11. The van der Waals surface area contributed by atoms with Crippen molar-refractivity contribution in [2.24, 2.45) is 4.99 Å². The minimum Gasteiger partial charge on any atom is -0.356 e. The molecule has 0 aromatic heterocycles. The molecule has 1 rings (SSSR count). The molecule has 1 aromatic carbocycles. The van der Waals surface area contributed by atoms with Gasteiger partial charge in [0.2, 0.25) is 0 Å². The molecule has 0 aliphatic rings. The van der Waals surface area contributed by atoms with Crippen molar-refractivity contribution in [3.63, 3.8) is 0 Å². The van der Waals surface area contributed by atoms with Crippen molar-refractivity contribution in [3.05, 3.63) is 35.9 Å². The van der Waals surface area contributed by atoms with Crippen molar-refractivity contribution in [1.82, 2.24) is 10.6 Å². The van der Waals surface area contributed by atoms with Crippen molar-refractivity contribution >= 4 is 5.96 Å². The molecule has 0 bridgehead atoms. The summed E-state index contributed by atoms with van der Waals surface area (Å²) < 4.78 is 0. The molecule has 0 unspecified atom stereocenters. The number of guanidine groups is 1. The van der Waals surface area contributed by atoms with Crippen LogP contribution in [-0.4, -0.2) is 19.6 Å². The van der Waals surface area contributed by atoms with Gasteiger partial charge < -0.3 is 10.6 Å². The maximum absolute atomic E-state index is 4.22. The first-order chi connectivity index (χ1) is 8.86. The highest BCUT2D eigenvalue weighted by Crippen LogP contribution is 1.98. The van der Waals surface area contributed by atoms with Gasteiger partial charge in [-0.05, 0) is 12.0 Å². The Morgan fingerprint density at radius 2 is 1.83 bits per heavy atom. The average molecular weight is 247 g/mol. The molecule has 3 heteroatoms. The third kappa shape index (κ3) is 6.28. The molecule has 0 radical (unpaired) electrons. The Morgan fingerprint density at radius 3 is 2.50 bits per heavy atom. The first-order valence-corrected chi connectivity index (χ1v) is 6.85. The first kappa shape index (κ1) is 14.6. The molecule has 0 atom stereocenters. The Morgan fingerprint density at radius 1 is 1.06 bits per heavy atom. The Balaban J connectivity index is 2.18. The summed E-state index contributed by atoms with van der Waals surface area (Å²) in [5.41, 5.74) is 1.27. The second-order valence-electron chi connectivity index (χ2n) is 4.40. The van der Waals surface area contributed by atoms with Gasteiger partial charge in [-0.3, -0.25) is 4.99 Å². The van der Waals surface area contributed by atoms with E-state index in [0.717, 1.165) is 19.0 Å². The number of rotatable bonds is 7. The third-order valence-corrected chi connectivity index (χ3v) is 2.85. The van der Waals surface area contributed by atoms with Crippen molar-refractivity contribution in [2.45, 2.75) is 39.2 Å². The summed E-state index contributed by atoms with van der Waals surface area (Å²) >= 11 is 0. The van der Waals surface area contributed by atoms with Crippen molar-refractivity contribution in [3.8, 4) is 0 Å². The summed E-state index contributed by atoms with van der Waals surface area (Å²) in [5.74, 6) is 0.885. The van der Waals surface area contributed by atoms with E-state index < -0.39 is 0 Å². The average Bonchev–Trinajstić information content (AvgIpc) is 2.43. The molecule has 100 valence electrons. The highest BCUT2D eigenvalue weighted by Gasteiger charge is 1.97. The van der Waals surface area contributed by atoms with E-state index in [1.165, 1.54) is 31.2 Å². The summed E-state index contributed by atoms with van der Waals surface area (Å²) in [4.78, 5) is 4.22. The lowest BCUT2D eigenvalue weighted by atomic mass is 10.2. The maximum Gasteiger partial charge on any atom is 0.191 e. The van der Waals surface area contributed by atoms with E-state index in [-0.39, 0.29) is 0 Å². The van der Waals surface area contributed by atoms with Gasteiger partial charge in [0.15, 0.2) is 5.96 Å². The molecule has 0 saturated carbocycles. The highest BCUT2D eigenvalue weighted by molar-refractivity contribution is 5.79. The quantitative estimate of drug-likeness (QED) is 0.441. The summed E-state index contributed by atoms with van der Waals surface area (Å²) in [6.45, 7) is 4.04. The van der Waals surface area contributed by atoms with Crippen LogP contribution in [0.1, 0.15) is 38.2 Å². The van der Waals surface area contributed by atoms with Gasteiger partial charge in [0.25, 0.3) is 0 Å². The van der Waals surface area contributed by atoms with Crippen LogP contribution in [0.15, 0.2) is 35.3 Å². The third-order valence-electron chi connectivity index (χ3n) is 2.85. The largest absolute Gasteiger partial charge is 0.356 e. The van der Waals surface area contributed by atoms with E-state index in [1.54, 1.807) is 0 Å². The van der Waals surface area contributed by atoms with E-state index in [0.29, 0.717) is 0 Å². The predicted octanol–water partition coefficient (Wildman–Crippen LogP) is 2.93. The van der Waals surface area contributed by atoms with Gasteiger partial charge in [-0.15, -0.1) is 0 Å². The molecule has 0 heterocycles. The standard InChI is InChI=1S/C15H25N3/c1-3-4-5-9-12-17-15(16-2)18-13-14-10-7-6-8-11-14/h6-8,10-11H,3-5,9,12-13H2,1-2H3,(H2,16,17,18). The number of unbranched alkanes of at least 4 members (excludes halogenated alkanes) is 3. The molecule has 0 aliphatic heterocycles. The molecule has 2 N–H and O–H groups in total. The number of aliphatic imine (C=N–C) groups is 1. The Hall–Kier alpha value is -1.51. The molecule has 3 nitrogen and oxygen atoms in total. The molecule has 1 aromatic rings.